The molecule has 3 fully saturated rings. The van der Waals surface area contributed by atoms with Crippen molar-refractivity contribution in [2.24, 2.45) is 0 Å². The molecule has 2 saturated heterocycles. The average Bonchev–Trinajstić information content (AvgIpc) is 3.34. The summed E-state index contributed by atoms with van der Waals surface area (Å²) in [5, 5.41) is 0. The maximum absolute atomic E-state index is 13.7. The van der Waals surface area contributed by atoms with Gasteiger partial charge < -0.3 is 9.64 Å². The summed E-state index contributed by atoms with van der Waals surface area (Å²) in [6.45, 7) is 1.29. The number of likely N-dealkylation sites (tertiary alicyclic amines) is 1. The van der Waals surface area contributed by atoms with Crippen LogP contribution in [-0.2, 0) is 14.6 Å². The zero-order chi connectivity index (χ0) is 21.8. The Labute approximate surface area is 186 Å². The van der Waals surface area contributed by atoms with E-state index in [0.29, 0.717) is 13.0 Å². The van der Waals surface area contributed by atoms with E-state index in [4.69, 9.17) is 4.74 Å². The van der Waals surface area contributed by atoms with Crippen LogP contribution >= 0.6 is 0 Å². The second-order valence-electron chi connectivity index (χ2n) is 9.40. The fraction of sp³-hybridized carbons (Fsp3) is 0.708. The van der Waals surface area contributed by atoms with Crippen molar-refractivity contribution >= 4 is 15.7 Å². The topological polar surface area (TPSA) is 66.9 Å². The molecule has 6 nitrogen and oxygen atoms in total. The molecule has 2 heterocycles. The number of ether oxygens (including phenoxy) is 1. The zero-order valence-electron chi connectivity index (χ0n) is 18.7. The van der Waals surface area contributed by atoms with Gasteiger partial charge in [-0.2, -0.15) is 0 Å². The van der Waals surface area contributed by atoms with Crippen molar-refractivity contribution in [3.63, 3.8) is 0 Å². The molecular formula is C24H36N2O4S. The van der Waals surface area contributed by atoms with Crippen LogP contribution in [0.4, 0.5) is 0 Å². The standard InChI is InChI=1S/C24H36N2O4S/c1-30-22-12-10-19(11-13-22)23-9-3-2-6-15-25(23)17-24(27)26(20-7-4-5-8-20)21-14-16-31(28,29)18-21/h10-13,20-21,23H,2-9,14-18H2,1H3. The summed E-state index contributed by atoms with van der Waals surface area (Å²) in [5.74, 6) is 1.31. The minimum atomic E-state index is -3.02. The molecule has 1 aromatic rings. The molecular weight excluding hydrogens is 412 g/mol. The number of carbonyl (C=O) groups excluding carboxylic acids is 1. The minimum Gasteiger partial charge on any atom is -0.497 e. The quantitative estimate of drug-likeness (QED) is 0.666. The lowest BCUT2D eigenvalue weighted by atomic mass is 10.0. The molecule has 2 unspecified atom stereocenters. The lowest BCUT2D eigenvalue weighted by Gasteiger charge is -2.37. The van der Waals surface area contributed by atoms with Crippen LogP contribution in [0.1, 0.15) is 69.4 Å². The Morgan fingerprint density at radius 3 is 2.35 bits per heavy atom. The summed E-state index contributed by atoms with van der Waals surface area (Å²) >= 11 is 0. The molecule has 0 N–H and O–H groups in total. The maximum Gasteiger partial charge on any atom is 0.237 e. The molecule has 0 bridgehead atoms. The number of carbonyl (C=O) groups is 1. The SMILES string of the molecule is COc1ccc(C2CCCCCN2CC(=O)N(C2CCCC2)C2CCS(=O)(=O)C2)cc1. The summed E-state index contributed by atoms with van der Waals surface area (Å²) in [4.78, 5) is 18.0. The Hall–Kier alpha value is -1.60. The van der Waals surface area contributed by atoms with E-state index >= 15 is 0 Å². The normalized spacial score (nSPS) is 27.1. The Morgan fingerprint density at radius 2 is 1.71 bits per heavy atom. The first-order chi connectivity index (χ1) is 15.0. The van der Waals surface area contributed by atoms with Gasteiger partial charge in [-0.15, -0.1) is 0 Å². The Morgan fingerprint density at radius 1 is 1.00 bits per heavy atom. The van der Waals surface area contributed by atoms with Crippen LogP contribution in [0.3, 0.4) is 0 Å². The summed E-state index contributed by atoms with van der Waals surface area (Å²) < 4.78 is 29.6. The summed E-state index contributed by atoms with van der Waals surface area (Å²) in [6.07, 6.45) is 9.35. The number of rotatable bonds is 6. The van der Waals surface area contributed by atoms with Gasteiger partial charge in [0.1, 0.15) is 5.75 Å². The molecule has 0 aromatic heterocycles. The van der Waals surface area contributed by atoms with Gasteiger partial charge >= 0.3 is 0 Å². The first kappa shape index (κ1) is 22.6. The molecule has 1 aromatic carbocycles. The van der Waals surface area contributed by atoms with Gasteiger partial charge in [0, 0.05) is 18.1 Å². The molecule has 0 spiro atoms. The van der Waals surface area contributed by atoms with Crippen LogP contribution in [0.25, 0.3) is 0 Å². The number of hydrogen-bond donors (Lipinski definition) is 0. The molecule has 1 saturated carbocycles. The van der Waals surface area contributed by atoms with Crippen molar-refractivity contribution in [2.45, 2.75) is 75.9 Å². The summed E-state index contributed by atoms with van der Waals surface area (Å²) in [5.41, 5.74) is 1.23. The molecule has 31 heavy (non-hydrogen) atoms. The highest BCUT2D eigenvalue weighted by Gasteiger charge is 2.39. The third-order valence-electron chi connectivity index (χ3n) is 7.31. The van der Waals surface area contributed by atoms with Gasteiger partial charge in [0.15, 0.2) is 9.84 Å². The lowest BCUT2D eigenvalue weighted by Crippen LogP contribution is -2.51. The van der Waals surface area contributed by atoms with Crippen LogP contribution < -0.4 is 4.74 Å². The lowest BCUT2D eigenvalue weighted by molar-refractivity contribution is -0.137. The highest BCUT2D eigenvalue weighted by Crippen LogP contribution is 2.33. The number of methoxy groups -OCH3 is 1. The molecule has 2 aliphatic heterocycles. The maximum atomic E-state index is 13.7. The number of sulfone groups is 1. The van der Waals surface area contributed by atoms with Crippen molar-refractivity contribution in [3.8, 4) is 5.75 Å². The smallest absolute Gasteiger partial charge is 0.237 e. The monoisotopic (exact) mass is 448 g/mol. The van der Waals surface area contributed by atoms with Gasteiger partial charge in [-0.1, -0.05) is 37.8 Å². The highest BCUT2D eigenvalue weighted by atomic mass is 32.2. The van der Waals surface area contributed by atoms with E-state index < -0.39 is 9.84 Å². The third kappa shape index (κ3) is 5.43. The minimum absolute atomic E-state index is 0.120. The van der Waals surface area contributed by atoms with Gasteiger partial charge in [0.05, 0.1) is 25.2 Å². The molecule has 7 heteroatoms. The van der Waals surface area contributed by atoms with E-state index in [0.717, 1.165) is 57.2 Å². The van der Waals surface area contributed by atoms with Gasteiger partial charge in [-0.3, -0.25) is 9.69 Å². The fourth-order valence-electron chi connectivity index (χ4n) is 5.70. The predicted molar refractivity (Wildman–Crippen MR) is 122 cm³/mol. The first-order valence-corrected chi connectivity index (χ1v) is 13.7. The summed E-state index contributed by atoms with van der Waals surface area (Å²) in [7, 11) is -1.35. The average molecular weight is 449 g/mol. The van der Waals surface area contributed by atoms with Crippen LogP contribution in [0.5, 0.6) is 5.75 Å². The molecule has 2 atom stereocenters. The van der Waals surface area contributed by atoms with Crippen LogP contribution in [0, 0.1) is 0 Å². The number of amides is 1. The molecule has 3 aliphatic rings. The Kier molecular flexibility index (Phi) is 7.22. The summed E-state index contributed by atoms with van der Waals surface area (Å²) in [6, 6.07) is 8.50. The van der Waals surface area contributed by atoms with Gasteiger partial charge in [0.25, 0.3) is 0 Å². The number of nitrogens with zero attached hydrogens (tertiary/aromatic N) is 2. The number of benzene rings is 1. The van der Waals surface area contributed by atoms with E-state index in [9.17, 15) is 13.2 Å². The van der Waals surface area contributed by atoms with Crippen molar-refractivity contribution in [1.82, 2.24) is 9.80 Å². The second-order valence-corrected chi connectivity index (χ2v) is 11.6. The third-order valence-corrected chi connectivity index (χ3v) is 9.06. The Bertz CT molecular complexity index is 849. The molecule has 0 radical (unpaired) electrons. The molecule has 1 amide bonds. The van der Waals surface area contributed by atoms with Crippen molar-refractivity contribution in [1.29, 1.82) is 0 Å². The van der Waals surface area contributed by atoms with Gasteiger partial charge in [0.2, 0.25) is 5.91 Å². The largest absolute Gasteiger partial charge is 0.497 e. The fourth-order valence-corrected chi connectivity index (χ4v) is 7.41. The van der Waals surface area contributed by atoms with Gasteiger partial charge in [-0.25, -0.2) is 8.42 Å². The highest BCUT2D eigenvalue weighted by molar-refractivity contribution is 7.91. The van der Waals surface area contributed by atoms with Crippen molar-refractivity contribution < 1.29 is 17.9 Å². The van der Waals surface area contributed by atoms with E-state index in [1.807, 2.05) is 17.0 Å². The van der Waals surface area contributed by atoms with E-state index in [-0.39, 0.29) is 35.5 Å². The zero-order valence-corrected chi connectivity index (χ0v) is 19.5. The van der Waals surface area contributed by atoms with Crippen molar-refractivity contribution in [2.75, 3.05) is 31.7 Å². The second kappa shape index (κ2) is 9.90. The Balaban J connectivity index is 1.53. The molecule has 172 valence electrons. The molecule has 1 aliphatic carbocycles. The van der Waals surface area contributed by atoms with Crippen molar-refractivity contribution in [3.05, 3.63) is 29.8 Å². The van der Waals surface area contributed by atoms with E-state index in [1.165, 1.54) is 12.0 Å². The predicted octanol–water partition coefficient (Wildman–Crippen LogP) is 3.57. The van der Waals surface area contributed by atoms with Gasteiger partial charge in [-0.05, 0) is 56.3 Å². The molecule has 4 rings (SSSR count). The van der Waals surface area contributed by atoms with Crippen LogP contribution in [-0.4, -0.2) is 67.9 Å². The van der Waals surface area contributed by atoms with Crippen LogP contribution in [0.2, 0.25) is 0 Å². The number of hydrogen-bond acceptors (Lipinski definition) is 5. The van der Waals surface area contributed by atoms with Crippen LogP contribution in [0.15, 0.2) is 24.3 Å². The van der Waals surface area contributed by atoms with E-state index in [2.05, 4.69) is 17.0 Å². The van der Waals surface area contributed by atoms with E-state index in [1.54, 1.807) is 7.11 Å². The first-order valence-electron chi connectivity index (χ1n) is 11.9.